The van der Waals surface area contributed by atoms with Crippen molar-refractivity contribution < 1.29 is 0 Å². The summed E-state index contributed by atoms with van der Waals surface area (Å²) in [6.45, 7) is 8.32. The molecule has 1 aliphatic rings. The summed E-state index contributed by atoms with van der Waals surface area (Å²) in [4.78, 5) is 0. The van der Waals surface area contributed by atoms with E-state index >= 15 is 0 Å². The van der Waals surface area contributed by atoms with Crippen LogP contribution in [0.5, 0.6) is 0 Å². The van der Waals surface area contributed by atoms with Gasteiger partial charge in [0.2, 0.25) is 0 Å². The van der Waals surface area contributed by atoms with Crippen LogP contribution < -0.4 is 5.32 Å². The molecule has 3 atom stereocenters. The zero-order chi connectivity index (χ0) is 6.15. The van der Waals surface area contributed by atoms with Crippen LogP contribution in [0.1, 0.15) is 13.8 Å². The molecular formula is C6H12NS. The Balaban J connectivity index is 2.39. The van der Waals surface area contributed by atoms with Crippen LogP contribution in [0.4, 0.5) is 0 Å². The Morgan fingerprint density at radius 1 is 1.50 bits per heavy atom. The largest absolute Gasteiger partial charge is 0.302 e. The van der Waals surface area contributed by atoms with E-state index in [4.69, 9.17) is 0 Å². The lowest BCUT2D eigenvalue weighted by atomic mass is 10.2. The number of nitrogens with one attached hydrogen (secondary N) is 1. The standard InChI is InChI=1S/C6H12NS/c1-4-5(2)8-6(3)7-4/h4-7H,2H2,1,3H3. The quantitative estimate of drug-likeness (QED) is 0.530. The predicted octanol–water partition coefficient (Wildman–Crippen LogP) is 1.26. The summed E-state index contributed by atoms with van der Waals surface area (Å²) in [6, 6.07) is 0.593. The number of hydrogen-bond acceptors (Lipinski definition) is 2. The SMILES string of the molecule is [CH2]C1SC(C)NC1C. The van der Waals surface area contributed by atoms with Crippen LogP contribution >= 0.6 is 11.8 Å². The molecular weight excluding hydrogens is 118 g/mol. The van der Waals surface area contributed by atoms with Gasteiger partial charge in [-0.3, -0.25) is 0 Å². The van der Waals surface area contributed by atoms with Gasteiger partial charge in [0.15, 0.2) is 0 Å². The van der Waals surface area contributed by atoms with Gasteiger partial charge in [-0.15, -0.1) is 11.8 Å². The molecule has 1 radical (unpaired) electrons. The van der Waals surface area contributed by atoms with Crippen molar-refractivity contribution >= 4 is 11.8 Å². The van der Waals surface area contributed by atoms with Crippen molar-refractivity contribution in [1.82, 2.24) is 5.32 Å². The highest BCUT2D eigenvalue weighted by atomic mass is 32.2. The third-order valence-corrected chi connectivity index (χ3v) is 2.74. The monoisotopic (exact) mass is 130 g/mol. The van der Waals surface area contributed by atoms with Crippen molar-refractivity contribution in [3.8, 4) is 0 Å². The minimum atomic E-state index is 0.546. The Bertz CT molecular complexity index is 74.6. The van der Waals surface area contributed by atoms with E-state index in [0.717, 1.165) is 0 Å². The van der Waals surface area contributed by atoms with Crippen LogP contribution in [0.25, 0.3) is 0 Å². The first-order chi connectivity index (χ1) is 3.70. The molecule has 0 aromatic carbocycles. The van der Waals surface area contributed by atoms with Crippen molar-refractivity contribution in [2.24, 2.45) is 0 Å². The van der Waals surface area contributed by atoms with E-state index in [1.165, 1.54) is 0 Å². The van der Waals surface area contributed by atoms with E-state index in [-0.39, 0.29) is 0 Å². The number of rotatable bonds is 0. The van der Waals surface area contributed by atoms with Crippen LogP contribution in [0.15, 0.2) is 0 Å². The average Bonchev–Trinajstić information content (AvgIpc) is 1.85. The molecule has 1 saturated heterocycles. The molecule has 1 nitrogen and oxygen atoms in total. The lowest BCUT2D eigenvalue weighted by molar-refractivity contribution is 0.595. The smallest absolute Gasteiger partial charge is 0.0509 e. The molecule has 0 aromatic rings. The lowest BCUT2D eigenvalue weighted by Crippen LogP contribution is -2.27. The van der Waals surface area contributed by atoms with Gasteiger partial charge in [-0.25, -0.2) is 0 Å². The highest BCUT2D eigenvalue weighted by molar-refractivity contribution is 8.00. The molecule has 0 bridgehead atoms. The first kappa shape index (κ1) is 6.43. The zero-order valence-corrected chi connectivity index (χ0v) is 6.16. The van der Waals surface area contributed by atoms with Crippen molar-refractivity contribution in [3.63, 3.8) is 0 Å². The van der Waals surface area contributed by atoms with Crippen molar-refractivity contribution in [1.29, 1.82) is 0 Å². The molecule has 1 N–H and O–H groups in total. The second-order valence-corrected chi connectivity index (χ2v) is 3.86. The molecule has 8 heavy (non-hydrogen) atoms. The Labute approximate surface area is 55.2 Å². The fraction of sp³-hybridized carbons (Fsp3) is 0.833. The van der Waals surface area contributed by atoms with Gasteiger partial charge in [-0.1, -0.05) is 0 Å². The molecule has 47 valence electrons. The summed E-state index contributed by atoms with van der Waals surface area (Å²) >= 11 is 1.91. The Hall–Kier alpha value is 0.310. The topological polar surface area (TPSA) is 12.0 Å². The van der Waals surface area contributed by atoms with Crippen LogP contribution in [0, 0.1) is 6.92 Å². The summed E-state index contributed by atoms with van der Waals surface area (Å²) in [7, 11) is 0. The lowest BCUT2D eigenvalue weighted by Gasteiger charge is -2.04. The highest BCUT2D eigenvalue weighted by Gasteiger charge is 2.23. The first-order valence-corrected chi connectivity index (χ1v) is 3.89. The molecule has 1 fully saturated rings. The minimum absolute atomic E-state index is 0.546. The van der Waals surface area contributed by atoms with Crippen LogP contribution in [-0.2, 0) is 0 Å². The third-order valence-electron chi connectivity index (χ3n) is 1.43. The van der Waals surface area contributed by atoms with Gasteiger partial charge in [0, 0.05) is 11.3 Å². The van der Waals surface area contributed by atoms with Gasteiger partial charge in [-0.05, 0) is 20.8 Å². The Morgan fingerprint density at radius 3 is 2.25 bits per heavy atom. The maximum absolute atomic E-state index is 3.97. The molecule has 0 aliphatic carbocycles. The van der Waals surface area contributed by atoms with E-state index in [0.29, 0.717) is 16.7 Å². The van der Waals surface area contributed by atoms with Gasteiger partial charge in [-0.2, -0.15) is 0 Å². The van der Waals surface area contributed by atoms with Crippen molar-refractivity contribution in [2.45, 2.75) is 30.5 Å². The van der Waals surface area contributed by atoms with Crippen molar-refractivity contribution in [3.05, 3.63) is 6.92 Å². The zero-order valence-electron chi connectivity index (χ0n) is 5.35. The van der Waals surface area contributed by atoms with Gasteiger partial charge < -0.3 is 5.32 Å². The van der Waals surface area contributed by atoms with Gasteiger partial charge in [0.1, 0.15) is 0 Å². The summed E-state index contributed by atoms with van der Waals surface area (Å²) in [6.07, 6.45) is 0. The number of hydrogen-bond donors (Lipinski definition) is 1. The summed E-state index contributed by atoms with van der Waals surface area (Å²) < 4.78 is 0. The van der Waals surface area contributed by atoms with E-state index in [1.54, 1.807) is 0 Å². The molecule has 1 aliphatic heterocycles. The maximum Gasteiger partial charge on any atom is 0.0509 e. The molecule has 1 rings (SSSR count). The van der Waals surface area contributed by atoms with Crippen LogP contribution in [-0.4, -0.2) is 16.7 Å². The first-order valence-electron chi connectivity index (χ1n) is 2.95. The number of thioether (sulfide) groups is 1. The second-order valence-electron chi connectivity index (χ2n) is 2.27. The fourth-order valence-electron chi connectivity index (χ4n) is 0.897. The van der Waals surface area contributed by atoms with Crippen molar-refractivity contribution in [2.75, 3.05) is 0 Å². The molecule has 0 aromatic heterocycles. The Kier molecular flexibility index (Phi) is 1.83. The van der Waals surface area contributed by atoms with Gasteiger partial charge >= 0.3 is 0 Å². The Morgan fingerprint density at radius 2 is 2.12 bits per heavy atom. The second kappa shape index (κ2) is 2.28. The maximum atomic E-state index is 3.97. The predicted molar refractivity (Wildman–Crippen MR) is 38.8 cm³/mol. The molecule has 0 saturated carbocycles. The van der Waals surface area contributed by atoms with Crippen LogP contribution in [0.2, 0.25) is 0 Å². The molecule has 0 amide bonds. The molecule has 2 heteroatoms. The molecule has 0 spiro atoms. The third kappa shape index (κ3) is 1.17. The van der Waals surface area contributed by atoms with E-state index in [1.807, 2.05) is 11.8 Å². The van der Waals surface area contributed by atoms with E-state index in [9.17, 15) is 0 Å². The summed E-state index contributed by atoms with van der Waals surface area (Å²) in [5.41, 5.74) is 0. The van der Waals surface area contributed by atoms with Gasteiger partial charge in [0.25, 0.3) is 0 Å². The molecule has 3 unspecified atom stereocenters. The van der Waals surface area contributed by atoms with Crippen LogP contribution in [0.3, 0.4) is 0 Å². The normalized spacial score (nSPS) is 47.6. The summed E-state index contributed by atoms with van der Waals surface area (Å²) in [5, 5.41) is 4.52. The summed E-state index contributed by atoms with van der Waals surface area (Å²) in [5.74, 6) is 0. The average molecular weight is 130 g/mol. The van der Waals surface area contributed by atoms with E-state index in [2.05, 4.69) is 26.1 Å². The van der Waals surface area contributed by atoms with Gasteiger partial charge in [0.05, 0.1) is 5.37 Å². The van der Waals surface area contributed by atoms with E-state index < -0.39 is 0 Å². The molecule has 1 heterocycles. The highest BCUT2D eigenvalue weighted by Crippen LogP contribution is 2.25. The minimum Gasteiger partial charge on any atom is -0.302 e. The fourth-order valence-corrected chi connectivity index (χ4v) is 2.03.